The number of benzene rings is 1. The molecule has 1 aromatic rings. The fourth-order valence-corrected chi connectivity index (χ4v) is 2.92. The first-order valence-electron chi connectivity index (χ1n) is 8.70. The molecular formula is C19H24F3NO5. The van der Waals surface area contributed by atoms with Gasteiger partial charge >= 0.3 is 18.2 Å². The second kappa shape index (κ2) is 7.98. The van der Waals surface area contributed by atoms with Crippen molar-refractivity contribution in [3.63, 3.8) is 0 Å². The van der Waals surface area contributed by atoms with Gasteiger partial charge in [0.2, 0.25) is 0 Å². The van der Waals surface area contributed by atoms with Crippen molar-refractivity contribution in [3.8, 4) is 0 Å². The van der Waals surface area contributed by atoms with E-state index in [0.717, 1.165) is 12.0 Å². The van der Waals surface area contributed by atoms with Crippen LogP contribution in [0.15, 0.2) is 30.3 Å². The molecule has 28 heavy (non-hydrogen) atoms. The summed E-state index contributed by atoms with van der Waals surface area (Å²) in [6, 6.07) is 6.88. The van der Waals surface area contributed by atoms with E-state index in [4.69, 9.17) is 9.47 Å². The number of amides is 1. The van der Waals surface area contributed by atoms with Crippen molar-refractivity contribution in [1.29, 1.82) is 0 Å². The minimum Gasteiger partial charge on any atom is -0.467 e. The van der Waals surface area contributed by atoms with Gasteiger partial charge in [-0.15, -0.1) is 0 Å². The molecule has 1 amide bonds. The zero-order valence-corrected chi connectivity index (χ0v) is 16.2. The van der Waals surface area contributed by atoms with Crippen LogP contribution in [-0.4, -0.2) is 54.0 Å². The van der Waals surface area contributed by atoms with Crippen LogP contribution in [0.1, 0.15) is 32.8 Å². The van der Waals surface area contributed by atoms with Crippen LogP contribution in [0.3, 0.4) is 0 Å². The third kappa shape index (κ3) is 4.95. The lowest BCUT2D eigenvalue weighted by Gasteiger charge is -2.32. The highest BCUT2D eigenvalue weighted by molar-refractivity contribution is 5.82. The molecule has 1 aliphatic heterocycles. The average Bonchev–Trinajstić information content (AvgIpc) is 3.00. The van der Waals surface area contributed by atoms with Gasteiger partial charge in [-0.3, -0.25) is 4.90 Å². The largest absolute Gasteiger partial charge is 0.467 e. The molecule has 1 saturated heterocycles. The SMILES string of the molecule is COC(=O)C1CC(OCc2ccccc2)(C(F)(F)F)CN1C(=O)OC(C)(C)C. The van der Waals surface area contributed by atoms with Crippen LogP contribution in [0.25, 0.3) is 0 Å². The third-order valence-corrected chi connectivity index (χ3v) is 4.30. The molecule has 0 aliphatic carbocycles. The number of likely N-dealkylation sites (tertiary alicyclic amines) is 1. The minimum absolute atomic E-state index is 0.323. The molecule has 2 unspecified atom stereocenters. The predicted octanol–water partition coefficient (Wildman–Crippen LogP) is 3.69. The summed E-state index contributed by atoms with van der Waals surface area (Å²) in [4.78, 5) is 25.3. The monoisotopic (exact) mass is 403 g/mol. The number of ether oxygens (including phenoxy) is 3. The number of hydrogen-bond donors (Lipinski definition) is 0. The summed E-state index contributed by atoms with van der Waals surface area (Å²) in [6.45, 7) is 3.56. The molecule has 1 aliphatic rings. The van der Waals surface area contributed by atoms with Crippen LogP contribution in [0.2, 0.25) is 0 Å². The fraction of sp³-hybridized carbons (Fsp3) is 0.579. The lowest BCUT2D eigenvalue weighted by Crippen LogP contribution is -2.50. The van der Waals surface area contributed by atoms with E-state index >= 15 is 0 Å². The Morgan fingerprint density at radius 2 is 1.79 bits per heavy atom. The first-order chi connectivity index (χ1) is 12.9. The standard InChI is InChI=1S/C19H24F3NO5/c1-17(2,3)28-16(25)23-12-18(19(20,21)22,10-14(23)15(24)26-4)27-11-13-8-6-5-7-9-13/h5-9,14H,10-12H2,1-4H3. The molecule has 0 radical (unpaired) electrons. The average molecular weight is 403 g/mol. The normalized spacial score (nSPS) is 22.8. The molecular weight excluding hydrogens is 379 g/mol. The molecule has 0 N–H and O–H groups in total. The van der Waals surface area contributed by atoms with Crippen LogP contribution >= 0.6 is 0 Å². The van der Waals surface area contributed by atoms with Gasteiger partial charge in [-0.05, 0) is 26.3 Å². The lowest BCUT2D eigenvalue weighted by atomic mass is 9.99. The van der Waals surface area contributed by atoms with E-state index in [-0.39, 0.29) is 6.61 Å². The van der Waals surface area contributed by atoms with E-state index in [1.807, 2.05) is 0 Å². The van der Waals surface area contributed by atoms with Crippen molar-refractivity contribution in [2.45, 2.75) is 57.2 Å². The molecule has 0 bridgehead atoms. The summed E-state index contributed by atoms with van der Waals surface area (Å²) in [5, 5.41) is 0. The Morgan fingerprint density at radius 3 is 2.29 bits per heavy atom. The van der Waals surface area contributed by atoms with E-state index in [9.17, 15) is 22.8 Å². The topological polar surface area (TPSA) is 65.1 Å². The minimum atomic E-state index is -4.81. The van der Waals surface area contributed by atoms with Crippen LogP contribution in [0.4, 0.5) is 18.0 Å². The maximum absolute atomic E-state index is 14.0. The second-order valence-electron chi connectivity index (χ2n) is 7.62. The third-order valence-electron chi connectivity index (χ3n) is 4.30. The summed E-state index contributed by atoms with van der Waals surface area (Å²) in [7, 11) is 1.05. The van der Waals surface area contributed by atoms with Crippen molar-refractivity contribution >= 4 is 12.1 Å². The number of alkyl halides is 3. The Morgan fingerprint density at radius 1 is 1.18 bits per heavy atom. The molecule has 156 valence electrons. The Bertz CT molecular complexity index is 702. The number of halogens is 3. The molecule has 9 heteroatoms. The summed E-state index contributed by atoms with van der Waals surface area (Å²) in [5.41, 5.74) is -3.11. The Kier molecular flexibility index (Phi) is 6.27. The van der Waals surface area contributed by atoms with Crippen LogP contribution in [-0.2, 0) is 25.6 Å². The second-order valence-corrected chi connectivity index (χ2v) is 7.62. The van der Waals surface area contributed by atoms with E-state index in [0.29, 0.717) is 5.56 Å². The number of rotatable bonds is 4. The molecule has 6 nitrogen and oxygen atoms in total. The van der Waals surface area contributed by atoms with Crippen LogP contribution in [0.5, 0.6) is 0 Å². The van der Waals surface area contributed by atoms with Crippen molar-refractivity contribution in [2.75, 3.05) is 13.7 Å². The highest BCUT2D eigenvalue weighted by Crippen LogP contribution is 2.44. The summed E-state index contributed by atoms with van der Waals surface area (Å²) in [5.74, 6) is -0.958. The van der Waals surface area contributed by atoms with Crippen LogP contribution < -0.4 is 0 Å². The fourth-order valence-electron chi connectivity index (χ4n) is 2.92. The van der Waals surface area contributed by atoms with Crippen LogP contribution in [0, 0.1) is 0 Å². The van der Waals surface area contributed by atoms with Gasteiger partial charge in [0.1, 0.15) is 11.6 Å². The smallest absolute Gasteiger partial charge is 0.419 e. The first kappa shape index (κ1) is 22.0. The van der Waals surface area contributed by atoms with Gasteiger partial charge in [-0.25, -0.2) is 9.59 Å². The first-order valence-corrected chi connectivity index (χ1v) is 8.70. The zero-order valence-electron chi connectivity index (χ0n) is 16.2. The Balaban J connectivity index is 2.32. The number of esters is 1. The van der Waals surface area contributed by atoms with Crippen molar-refractivity contribution in [3.05, 3.63) is 35.9 Å². The van der Waals surface area contributed by atoms with Gasteiger partial charge in [-0.2, -0.15) is 13.2 Å². The van der Waals surface area contributed by atoms with Gasteiger partial charge in [0.25, 0.3) is 0 Å². The quantitative estimate of drug-likeness (QED) is 0.718. The molecule has 1 aromatic carbocycles. The van der Waals surface area contributed by atoms with E-state index in [2.05, 4.69) is 4.74 Å². The van der Waals surface area contributed by atoms with Crippen molar-refractivity contribution < 1.29 is 37.0 Å². The molecule has 1 heterocycles. The molecule has 1 fully saturated rings. The highest BCUT2D eigenvalue weighted by Gasteiger charge is 2.65. The Labute approximate surface area is 161 Å². The summed E-state index contributed by atoms with van der Waals surface area (Å²) in [6.07, 6.45) is -6.61. The van der Waals surface area contributed by atoms with E-state index < -0.39 is 48.4 Å². The van der Waals surface area contributed by atoms with Gasteiger partial charge < -0.3 is 14.2 Å². The molecule has 0 spiro atoms. The van der Waals surface area contributed by atoms with Crippen molar-refractivity contribution in [1.82, 2.24) is 4.90 Å². The number of nitrogens with zero attached hydrogens (tertiary/aromatic N) is 1. The van der Waals surface area contributed by atoms with Gasteiger partial charge in [0, 0.05) is 6.42 Å². The predicted molar refractivity (Wildman–Crippen MR) is 93.4 cm³/mol. The summed E-state index contributed by atoms with van der Waals surface area (Å²) >= 11 is 0. The van der Waals surface area contributed by atoms with Gasteiger partial charge in [-0.1, -0.05) is 30.3 Å². The number of carbonyl (C=O) groups excluding carboxylic acids is 2. The number of methoxy groups -OCH3 is 1. The maximum Gasteiger partial charge on any atom is 0.419 e. The Hall–Kier alpha value is -2.29. The number of carbonyl (C=O) groups is 2. The van der Waals surface area contributed by atoms with E-state index in [1.165, 1.54) is 0 Å². The van der Waals surface area contributed by atoms with Crippen molar-refractivity contribution in [2.24, 2.45) is 0 Å². The highest BCUT2D eigenvalue weighted by atomic mass is 19.4. The van der Waals surface area contributed by atoms with E-state index in [1.54, 1.807) is 51.1 Å². The zero-order chi connectivity index (χ0) is 21.2. The number of hydrogen-bond acceptors (Lipinski definition) is 5. The lowest BCUT2D eigenvalue weighted by molar-refractivity contribution is -0.276. The van der Waals surface area contributed by atoms with Gasteiger partial charge in [0.05, 0.1) is 20.3 Å². The summed E-state index contributed by atoms with van der Waals surface area (Å²) < 4.78 is 57.0. The molecule has 0 saturated carbocycles. The molecule has 0 aromatic heterocycles. The molecule has 2 rings (SSSR count). The van der Waals surface area contributed by atoms with Gasteiger partial charge in [0.15, 0.2) is 5.60 Å². The maximum atomic E-state index is 14.0. The molecule has 2 atom stereocenters.